The van der Waals surface area contributed by atoms with Crippen LogP contribution >= 0.6 is 27.5 Å². The van der Waals surface area contributed by atoms with Gasteiger partial charge < -0.3 is 9.47 Å². The predicted molar refractivity (Wildman–Crippen MR) is 84.5 cm³/mol. The summed E-state index contributed by atoms with van der Waals surface area (Å²) in [5.74, 6) is -0.337. The summed E-state index contributed by atoms with van der Waals surface area (Å²) in [6.07, 6.45) is 0.214. The molecule has 1 aliphatic rings. The highest BCUT2D eigenvalue weighted by molar-refractivity contribution is 9.10. The highest BCUT2D eigenvalue weighted by Gasteiger charge is 2.24. The molecule has 22 heavy (non-hydrogen) atoms. The Bertz CT molecular complexity index is 564. The smallest absolute Gasteiger partial charge is 0.279 e. The van der Waals surface area contributed by atoms with Crippen LogP contribution < -0.4 is 15.6 Å². The number of hydrazine groups is 1. The average molecular weight is 392 g/mol. The number of hydrogen-bond acceptors (Lipinski definition) is 4. The second-order valence-electron chi connectivity index (χ2n) is 4.81. The molecule has 0 saturated carbocycles. The van der Waals surface area contributed by atoms with Crippen molar-refractivity contribution in [2.24, 2.45) is 0 Å². The topological polar surface area (TPSA) is 76.7 Å². The Kier molecular flexibility index (Phi) is 6.05. The fourth-order valence-electron chi connectivity index (χ4n) is 1.90. The lowest BCUT2D eigenvalue weighted by atomic mass is 10.2. The van der Waals surface area contributed by atoms with Crippen LogP contribution in [0.3, 0.4) is 0 Å². The van der Waals surface area contributed by atoms with E-state index < -0.39 is 18.1 Å². The van der Waals surface area contributed by atoms with Crippen molar-refractivity contribution in [3.63, 3.8) is 0 Å². The van der Waals surface area contributed by atoms with Gasteiger partial charge in [-0.05, 0) is 53.9 Å². The van der Waals surface area contributed by atoms with Crippen LogP contribution in [0.15, 0.2) is 22.7 Å². The fourth-order valence-corrected chi connectivity index (χ4v) is 2.68. The molecule has 2 rings (SSSR count). The zero-order chi connectivity index (χ0) is 16.1. The molecule has 1 saturated heterocycles. The third-order valence-corrected chi connectivity index (χ3v) is 3.95. The third-order valence-electron chi connectivity index (χ3n) is 3.10. The Morgan fingerprint density at radius 2 is 2.23 bits per heavy atom. The number of rotatable bonds is 4. The second kappa shape index (κ2) is 7.80. The van der Waals surface area contributed by atoms with Crippen molar-refractivity contribution in [3.05, 3.63) is 27.7 Å². The van der Waals surface area contributed by atoms with E-state index >= 15 is 0 Å². The van der Waals surface area contributed by atoms with E-state index in [1.165, 1.54) is 0 Å². The molecule has 0 spiro atoms. The number of ether oxygens (including phenoxy) is 2. The van der Waals surface area contributed by atoms with Gasteiger partial charge in [0.25, 0.3) is 11.8 Å². The third kappa shape index (κ3) is 4.59. The molecule has 1 fully saturated rings. The summed E-state index contributed by atoms with van der Waals surface area (Å²) in [5, 5.41) is 0.556. The maximum Gasteiger partial charge on any atom is 0.279 e. The van der Waals surface area contributed by atoms with Crippen molar-refractivity contribution >= 4 is 39.3 Å². The van der Waals surface area contributed by atoms with Gasteiger partial charge in [-0.15, -0.1) is 0 Å². The molecule has 0 bridgehead atoms. The molecule has 1 aromatic rings. The van der Waals surface area contributed by atoms with Crippen LogP contribution in [0.5, 0.6) is 5.75 Å². The van der Waals surface area contributed by atoms with Gasteiger partial charge in [-0.1, -0.05) is 11.6 Å². The van der Waals surface area contributed by atoms with E-state index in [4.69, 9.17) is 21.1 Å². The van der Waals surface area contributed by atoms with Crippen molar-refractivity contribution < 1.29 is 19.1 Å². The number of halogens is 2. The summed E-state index contributed by atoms with van der Waals surface area (Å²) < 4.78 is 11.4. The first kappa shape index (κ1) is 17.1. The minimum Gasteiger partial charge on any atom is -0.480 e. The molecule has 1 aliphatic heterocycles. The summed E-state index contributed by atoms with van der Waals surface area (Å²) in [4.78, 5) is 23.6. The SMILES string of the molecule is CC(Oc1ccc(Cl)cc1Br)C(=O)NNC(=O)C1CCCO1. The second-order valence-corrected chi connectivity index (χ2v) is 6.11. The van der Waals surface area contributed by atoms with Crippen LogP contribution in [0.25, 0.3) is 0 Å². The van der Waals surface area contributed by atoms with Crippen LogP contribution in [-0.4, -0.2) is 30.6 Å². The van der Waals surface area contributed by atoms with E-state index in [1.807, 2.05) is 0 Å². The number of carbonyl (C=O) groups excluding carboxylic acids is 2. The van der Waals surface area contributed by atoms with Gasteiger partial charge in [0.2, 0.25) is 0 Å². The summed E-state index contributed by atoms with van der Waals surface area (Å²) >= 11 is 9.14. The summed E-state index contributed by atoms with van der Waals surface area (Å²) in [6, 6.07) is 4.98. The van der Waals surface area contributed by atoms with Crippen molar-refractivity contribution in [1.82, 2.24) is 10.9 Å². The lowest BCUT2D eigenvalue weighted by molar-refractivity contribution is -0.137. The Hall–Kier alpha value is -1.31. The largest absolute Gasteiger partial charge is 0.480 e. The number of benzene rings is 1. The van der Waals surface area contributed by atoms with Crippen LogP contribution in [0, 0.1) is 0 Å². The quantitative estimate of drug-likeness (QED) is 0.772. The zero-order valence-corrected chi connectivity index (χ0v) is 14.2. The highest BCUT2D eigenvalue weighted by atomic mass is 79.9. The number of carbonyl (C=O) groups is 2. The van der Waals surface area contributed by atoms with Gasteiger partial charge in [0.15, 0.2) is 6.10 Å². The van der Waals surface area contributed by atoms with Gasteiger partial charge in [0, 0.05) is 11.6 Å². The predicted octanol–water partition coefficient (Wildman–Crippen LogP) is 2.20. The fraction of sp³-hybridized carbons (Fsp3) is 0.429. The molecule has 2 atom stereocenters. The van der Waals surface area contributed by atoms with E-state index in [1.54, 1.807) is 25.1 Å². The number of nitrogens with one attached hydrogen (secondary N) is 2. The lowest BCUT2D eigenvalue weighted by Crippen LogP contribution is -2.50. The molecular weight excluding hydrogens is 376 g/mol. The first-order chi connectivity index (χ1) is 10.5. The monoisotopic (exact) mass is 390 g/mol. The number of hydrogen-bond donors (Lipinski definition) is 2. The standard InChI is InChI=1S/C14H16BrClN2O4/c1-8(22-11-5-4-9(16)7-10(11)15)13(19)17-18-14(20)12-3-2-6-21-12/h4-5,7-8,12H,2-3,6H2,1H3,(H,17,19)(H,18,20). The molecule has 0 radical (unpaired) electrons. The van der Waals surface area contributed by atoms with Crippen molar-refractivity contribution in [3.8, 4) is 5.75 Å². The highest BCUT2D eigenvalue weighted by Crippen LogP contribution is 2.28. The van der Waals surface area contributed by atoms with Crippen molar-refractivity contribution in [2.75, 3.05) is 6.61 Å². The van der Waals surface area contributed by atoms with E-state index in [0.29, 0.717) is 28.3 Å². The molecule has 0 aromatic heterocycles. The van der Waals surface area contributed by atoms with Crippen LogP contribution in [0.4, 0.5) is 0 Å². The van der Waals surface area contributed by atoms with Gasteiger partial charge in [-0.25, -0.2) is 0 Å². The molecule has 2 unspecified atom stereocenters. The average Bonchev–Trinajstić information content (AvgIpc) is 3.01. The molecule has 8 heteroatoms. The molecule has 6 nitrogen and oxygen atoms in total. The summed E-state index contributed by atoms with van der Waals surface area (Å²) in [5.41, 5.74) is 4.66. The van der Waals surface area contributed by atoms with Crippen LogP contribution in [0.2, 0.25) is 5.02 Å². The first-order valence-corrected chi connectivity index (χ1v) is 7.97. The minimum atomic E-state index is -0.790. The van der Waals surface area contributed by atoms with Gasteiger partial charge in [0.05, 0.1) is 4.47 Å². The Balaban J connectivity index is 1.82. The van der Waals surface area contributed by atoms with Crippen LogP contribution in [0.1, 0.15) is 19.8 Å². The van der Waals surface area contributed by atoms with E-state index in [-0.39, 0.29) is 5.91 Å². The van der Waals surface area contributed by atoms with Gasteiger partial charge in [0.1, 0.15) is 11.9 Å². The first-order valence-electron chi connectivity index (χ1n) is 6.80. The lowest BCUT2D eigenvalue weighted by Gasteiger charge is -2.17. The maximum absolute atomic E-state index is 11.9. The van der Waals surface area contributed by atoms with Gasteiger partial charge >= 0.3 is 0 Å². The van der Waals surface area contributed by atoms with Gasteiger partial charge in [-0.2, -0.15) is 0 Å². The molecule has 2 amide bonds. The normalized spacial score (nSPS) is 18.6. The van der Waals surface area contributed by atoms with Crippen molar-refractivity contribution in [2.45, 2.75) is 32.0 Å². The maximum atomic E-state index is 11.9. The number of amides is 2. The van der Waals surface area contributed by atoms with Crippen molar-refractivity contribution in [1.29, 1.82) is 0 Å². The van der Waals surface area contributed by atoms with E-state index in [2.05, 4.69) is 26.8 Å². The van der Waals surface area contributed by atoms with Gasteiger partial charge in [-0.3, -0.25) is 20.4 Å². The molecule has 1 heterocycles. The van der Waals surface area contributed by atoms with Crippen LogP contribution in [-0.2, 0) is 14.3 Å². The van der Waals surface area contributed by atoms with E-state index in [9.17, 15) is 9.59 Å². The van der Waals surface area contributed by atoms with E-state index in [0.717, 1.165) is 6.42 Å². The summed E-state index contributed by atoms with van der Waals surface area (Å²) in [7, 11) is 0. The molecular formula is C14H16BrClN2O4. The molecule has 1 aromatic carbocycles. The minimum absolute atomic E-state index is 0.356. The molecule has 0 aliphatic carbocycles. The Morgan fingerprint density at radius 3 is 2.86 bits per heavy atom. The Labute approximate surface area is 141 Å². The Morgan fingerprint density at radius 1 is 1.45 bits per heavy atom. The molecule has 120 valence electrons. The zero-order valence-electron chi connectivity index (χ0n) is 11.9. The molecule has 2 N–H and O–H groups in total. The summed E-state index contributed by atoms with van der Waals surface area (Å²) in [6.45, 7) is 2.14.